The Hall–Kier alpha value is -2.20. The molecule has 28 heavy (non-hydrogen) atoms. The van der Waals surface area contributed by atoms with Crippen molar-refractivity contribution in [3.8, 4) is 5.75 Å². The van der Waals surface area contributed by atoms with Crippen LogP contribution in [0.15, 0.2) is 42.5 Å². The summed E-state index contributed by atoms with van der Waals surface area (Å²) in [5, 5.41) is 0. The van der Waals surface area contributed by atoms with Gasteiger partial charge in [-0.3, -0.25) is 0 Å². The molecule has 4 aliphatic heterocycles. The highest BCUT2D eigenvalue weighted by Crippen LogP contribution is 2.50. The van der Waals surface area contributed by atoms with Gasteiger partial charge in [-0.15, -0.1) is 0 Å². The first-order chi connectivity index (χ1) is 13.8. The number of ether oxygens (including phenoxy) is 1. The van der Waals surface area contributed by atoms with Crippen LogP contribution in [0.1, 0.15) is 35.8 Å². The van der Waals surface area contributed by atoms with Gasteiger partial charge in [-0.25, -0.2) is 0 Å². The highest BCUT2D eigenvalue weighted by atomic mass is 16.5. The van der Waals surface area contributed by atoms with Crippen LogP contribution in [-0.2, 0) is 0 Å². The van der Waals surface area contributed by atoms with Gasteiger partial charge in [-0.1, -0.05) is 30.3 Å². The monoisotopic (exact) mass is 375 g/mol. The third-order valence-electron chi connectivity index (χ3n) is 7.47. The molecule has 3 atom stereocenters. The molecule has 4 nitrogen and oxygen atoms in total. The van der Waals surface area contributed by atoms with Crippen molar-refractivity contribution in [1.82, 2.24) is 4.90 Å². The van der Waals surface area contributed by atoms with Gasteiger partial charge < -0.3 is 19.4 Å². The third kappa shape index (κ3) is 2.47. The van der Waals surface area contributed by atoms with Gasteiger partial charge in [-0.2, -0.15) is 0 Å². The molecule has 4 heteroatoms. The molecule has 2 aromatic carbocycles. The van der Waals surface area contributed by atoms with Crippen LogP contribution in [0.2, 0.25) is 0 Å². The second kappa shape index (κ2) is 6.41. The Bertz CT molecular complexity index is 897. The van der Waals surface area contributed by atoms with Crippen molar-refractivity contribution in [2.75, 3.05) is 56.2 Å². The second-order valence-electron chi connectivity index (χ2n) is 8.93. The van der Waals surface area contributed by atoms with E-state index in [1.54, 1.807) is 5.56 Å². The fraction of sp³-hybridized carbons (Fsp3) is 0.500. The van der Waals surface area contributed by atoms with E-state index >= 15 is 0 Å². The number of benzene rings is 2. The van der Waals surface area contributed by atoms with Crippen molar-refractivity contribution in [2.45, 2.75) is 30.7 Å². The molecule has 0 amide bonds. The molecule has 1 unspecified atom stereocenters. The number of rotatable bonds is 3. The van der Waals surface area contributed by atoms with Gasteiger partial charge in [0.2, 0.25) is 0 Å². The zero-order valence-corrected chi connectivity index (χ0v) is 16.7. The summed E-state index contributed by atoms with van der Waals surface area (Å²) in [5.41, 5.74) is 5.97. The molecule has 2 aromatic rings. The highest BCUT2D eigenvalue weighted by molar-refractivity contribution is 5.80. The van der Waals surface area contributed by atoms with E-state index < -0.39 is 0 Å². The predicted molar refractivity (Wildman–Crippen MR) is 114 cm³/mol. The number of anilines is 2. The third-order valence-corrected chi connectivity index (χ3v) is 7.47. The van der Waals surface area contributed by atoms with Crippen molar-refractivity contribution in [2.24, 2.45) is 0 Å². The van der Waals surface area contributed by atoms with Gasteiger partial charge in [0, 0.05) is 56.7 Å². The number of piperidine rings is 1. The van der Waals surface area contributed by atoms with Crippen LogP contribution < -0.4 is 14.5 Å². The number of hydrogen-bond acceptors (Lipinski definition) is 4. The Kier molecular flexibility index (Phi) is 3.83. The van der Waals surface area contributed by atoms with Crippen LogP contribution in [0.25, 0.3) is 0 Å². The molecule has 4 aliphatic rings. The molecule has 0 N–H and O–H groups in total. The standard InChI is InChI=1S/C24H29N3O/c1-25-13-14-27-21-10-12-26(15-20(21)19-6-4-7-22(25)24(19)27)11-9-17-16-28-23-8-3-2-5-18(17)23/h2-8,17,20-21H,9-16H2,1H3/t17?,20-,21-/m0/s1. The summed E-state index contributed by atoms with van der Waals surface area (Å²) >= 11 is 0. The lowest BCUT2D eigenvalue weighted by atomic mass is 9.88. The van der Waals surface area contributed by atoms with E-state index in [2.05, 4.69) is 64.2 Å². The average molecular weight is 376 g/mol. The van der Waals surface area contributed by atoms with E-state index in [0.717, 1.165) is 18.9 Å². The van der Waals surface area contributed by atoms with E-state index in [1.165, 1.54) is 56.0 Å². The van der Waals surface area contributed by atoms with Gasteiger partial charge in [0.1, 0.15) is 5.75 Å². The van der Waals surface area contributed by atoms with Crippen molar-refractivity contribution >= 4 is 11.4 Å². The number of hydrogen-bond donors (Lipinski definition) is 0. The lowest BCUT2D eigenvalue weighted by Crippen LogP contribution is -2.49. The topological polar surface area (TPSA) is 19.0 Å². The number of nitrogens with zero attached hydrogens (tertiary/aromatic N) is 3. The van der Waals surface area contributed by atoms with E-state index in [-0.39, 0.29) is 0 Å². The molecule has 1 fully saturated rings. The molecule has 0 radical (unpaired) electrons. The lowest BCUT2D eigenvalue weighted by Gasteiger charge is -2.41. The van der Waals surface area contributed by atoms with Gasteiger partial charge in [0.15, 0.2) is 0 Å². The zero-order valence-electron chi connectivity index (χ0n) is 16.7. The minimum Gasteiger partial charge on any atom is -0.493 e. The molecular formula is C24H29N3O. The van der Waals surface area contributed by atoms with Gasteiger partial charge in [0.05, 0.1) is 18.0 Å². The summed E-state index contributed by atoms with van der Waals surface area (Å²) in [5.74, 6) is 2.33. The first kappa shape index (κ1) is 16.7. The van der Waals surface area contributed by atoms with E-state index in [9.17, 15) is 0 Å². The Morgan fingerprint density at radius 2 is 1.89 bits per heavy atom. The summed E-state index contributed by atoms with van der Waals surface area (Å²) < 4.78 is 5.90. The van der Waals surface area contributed by atoms with Crippen LogP contribution in [0.4, 0.5) is 11.4 Å². The average Bonchev–Trinajstić information content (AvgIpc) is 3.29. The predicted octanol–water partition coefficient (Wildman–Crippen LogP) is 3.68. The van der Waals surface area contributed by atoms with Crippen LogP contribution >= 0.6 is 0 Å². The van der Waals surface area contributed by atoms with Crippen LogP contribution in [0, 0.1) is 0 Å². The number of likely N-dealkylation sites (N-methyl/N-ethyl adjacent to an activating group) is 1. The van der Waals surface area contributed by atoms with Gasteiger partial charge in [-0.05, 0) is 37.1 Å². The summed E-state index contributed by atoms with van der Waals surface area (Å²) in [6.45, 7) is 6.79. The molecule has 1 saturated heterocycles. The highest BCUT2D eigenvalue weighted by Gasteiger charge is 2.44. The van der Waals surface area contributed by atoms with E-state index in [1.807, 2.05) is 0 Å². The summed E-state index contributed by atoms with van der Waals surface area (Å²) in [7, 11) is 2.24. The van der Waals surface area contributed by atoms with Gasteiger partial charge in [0.25, 0.3) is 0 Å². The van der Waals surface area contributed by atoms with E-state index in [0.29, 0.717) is 17.9 Å². The second-order valence-corrected chi connectivity index (χ2v) is 8.93. The molecule has 4 heterocycles. The zero-order chi connectivity index (χ0) is 18.7. The quantitative estimate of drug-likeness (QED) is 0.815. The van der Waals surface area contributed by atoms with E-state index in [4.69, 9.17) is 4.74 Å². The first-order valence-corrected chi connectivity index (χ1v) is 10.8. The lowest BCUT2D eigenvalue weighted by molar-refractivity contribution is 0.184. The number of likely N-dealkylation sites (tertiary alicyclic amines) is 1. The maximum Gasteiger partial charge on any atom is 0.122 e. The van der Waals surface area contributed by atoms with Crippen LogP contribution in [0.3, 0.4) is 0 Å². The van der Waals surface area contributed by atoms with Crippen molar-refractivity contribution in [1.29, 1.82) is 0 Å². The largest absolute Gasteiger partial charge is 0.493 e. The summed E-state index contributed by atoms with van der Waals surface area (Å²) in [6.07, 6.45) is 2.49. The van der Waals surface area contributed by atoms with Crippen molar-refractivity contribution in [3.63, 3.8) is 0 Å². The Morgan fingerprint density at radius 3 is 2.86 bits per heavy atom. The molecule has 0 saturated carbocycles. The number of fused-ring (bicyclic) bond motifs is 4. The fourth-order valence-electron chi connectivity index (χ4n) is 5.99. The number of para-hydroxylation sites is 2. The minimum atomic E-state index is 0.559. The Balaban J connectivity index is 1.18. The molecule has 0 spiro atoms. The molecule has 0 aromatic heterocycles. The molecule has 6 rings (SSSR count). The van der Waals surface area contributed by atoms with Crippen molar-refractivity contribution in [3.05, 3.63) is 53.6 Å². The maximum absolute atomic E-state index is 5.90. The van der Waals surface area contributed by atoms with Crippen LogP contribution in [0.5, 0.6) is 5.75 Å². The summed E-state index contributed by atoms with van der Waals surface area (Å²) in [4.78, 5) is 7.87. The molecule has 0 aliphatic carbocycles. The Labute approximate surface area is 167 Å². The molecular weight excluding hydrogens is 346 g/mol. The molecule has 146 valence electrons. The fourth-order valence-corrected chi connectivity index (χ4v) is 5.99. The SMILES string of the molecule is CN1CCN2c3c(cccc31)[C@@H]1CN(CCC3COc4ccccc43)CC[C@@H]12. The first-order valence-electron chi connectivity index (χ1n) is 10.8. The maximum atomic E-state index is 5.90. The normalized spacial score (nSPS) is 28.0. The summed E-state index contributed by atoms with van der Waals surface area (Å²) in [6, 6.07) is 16.2. The minimum absolute atomic E-state index is 0.559. The Morgan fingerprint density at radius 1 is 1.00 bits per heavy atom. The van der Waals surface area contributed by atoms with Crippen molar-refractivity contribution < 1.29 is 4.74 Å². The smallest absolute Gasteiger partial charge is 0.122 e. The molecule has 0 bridgehead atoms. The van der Waals surface area contributed by atoms with Gasteiger partial charge >= 0.3 is 0 Å². The van der Waals surface area contributed by atoms with Crippen LogP contribution in [-0.4, -0.2) is 57.3 Å².